The van der Waals surface area contributed by atoms with Crippen LogP contribution in [-0.2, 0) is 0 Å². The van der Waals surface area contributed by atoms with Crippen molar-refractivity contribution in [3.05, 3.63) is 54.3 Å². The molecule has 0 fully saturated rings. The molecule has 0 aliphatic rings. The Balaban J connectivity index is 2.18. The maximum Gasteiger partial charge on any atom is 0.130 e. The third-order valence-electron chi connectivity index (χ3n) is 1.87. The first-order valence-electron chi connectivity index (χ1n) is 4.46. The molecule has 0 saturated heterocycles. The van der Waals surface area contributed by atoms with Crippen LogP contribution in [0.5, 0.6) is 17.2 Å². The van der Waals surface area contributed by atoms with Gasteiger partial charge in [0.2, 0.25) is 0 Å². The summed E-state index contributed by atoms with van der Waals surface area (Å²) in [5.74, 6) is 0.812. The van der Waals surface area contributed by atoms with Crippen molar-refractivity contribution in [2.45, 2.75) is 0 Å². The van der Waals surface area contributed by atoms with Crippen LogP contribution in [-0.4, -0.2) is 5.11 Å². The molecule has 2 aromatic rings. The molecule has 0 unspecified atom stereocenters. The zero-order valence-corrected chi connectivity index (χ0v) is 7.85. The maximum atomic E-state index is 12.8. The normalized spacial score (nSPS) is 9.93. The van der Waals surface area contributed by atoms with Gasteiger partial charge >= 0.3 is 0 Å². The Morgan fingerprint density at radius 2 is 1.67 bits per heavy atom. The van der Waals surface area contributed by atoms with E-state index in [2.05, 4.69) is 0 Å². The van der Waals surface area contributed by atoms with Crippen LogP contribution in [0.15, 0.2) is 48.5 Å². The molecule has 76 valence electrons. The second kappa shape index (κ2) is 4.00. The molecule has 0 aliphatic heterocycles. The fourth-order valence-electron chi connectivity index (χ4n) is 1.18. The third kappa shape index (κ3) is 2.47. The number of halogens is 1. The molecular formula is C12H9FO2. The Hall–Kier alpha value is -2.03. The standard InChI is InChI=1S/C12H9FO2/c13-9-2-1-3-12(8-9)15-11-6-4-10(14)5-7-11/h1-8,14H. The van der Waals surface area contributed by atoms with Crippen molar-refractivity contribution < 1.29 is 14.2 Å². The average molecular weight is 204 g/mol. The van der Waals surface area contributed by atoms with Gasteiger partial charge in [-0.15, -0.1) is 0 Å². The first-order valence-corrected chi connectivity index (χ1v) is 4.46. The smallest absolute Gasteiger partial charge is 0.130 e. The summed E-state index contributed by atoms with van der Waals surface area (Å²) >= 11 is 0. The summed E-state index contributed by atoms with van der Waals surface area (Å²) in [5.41, 5.74) is 0. The van der Waals surface area contributed by atoms with Gasteiger partial charge in [0.1, 0.15) is 23.1 Å². The monoisotopic (exact) mass is 204 g/mol. The van der Waals surface area contributed by atoms with Gasteiger partial charge in [-0.2, -0.15) is 0 Å². The molecule has 0 atom stereocenters. The minimum atomic E-state index is -0.341. The zero-order valence-electron chi connectivity index (χ0n) is 7.85. The van der Waals surface area contributed by atoms with Crippen LogP contribution in [0, 0.1) is 5.82 Å². The van der Waals surface area contributed by atoms with Gasteiger partial charge in [-0.1, -0.05) is 6.07 Å². The summed E-state index contributed by atoms with van der Waals surface area (Å²) in [4.78, 5) is 0. The molecule has 0 radical (unpaired) electrons. The lowest BCUT2D eigenvalue weighted by molar-refractivity contribution is 0.462. The fraction of sp³-hybridized carbons (Fsp3) is 0. The predicted molar refractivity (Wildman–Crippen MR) is 54.6 cm³/mol. The van der Waals surface area contributed by atoms with Crippen LogP contribution < -0.4 is 4.74 Å². The van der Waals surface area contributed by atoms with Crippen LogP contribution >= 0.6 is 0 Å². The fourth-order valence-corrected chi connectivity index (χ4v) is 1.18. The van der Waals surface area contributed by atoms with Gasteiger partial charge in [-0.3, -0.25) is 0 Å². The lowest BCUT2D eigenvalue weighted by atomic mass is 10.3. The Labute approximate surface area is 86.6 Å². The second-order valence-electron chi connectivity index (χ2n) is 3.05. The van der Waals surface area contributed by atoms with Gasteiger partial charge in [0.15, 0.2) is 0 Å². The molecule has 0 spiro atoms. The highest BCUT2D eigenvalue weighted by molar-refractivity contribution is 5.34. The van der Waals surface area contributed by atoms with Crippen LogP contribution in [0.1, 0.15) is 0 Å². The largest absolute Gasteiger partial charge is 0.508 e. The van der Waals surface area contributed by atoms with Gasteiger partial charge in [0.05, 0.1) is 0 Å². The molecule has 3 heteroatoms. The molecule has 2 nitrogen and oxygen atoms in total. The number of aromatic hydroxyl groups is 1. The van der Waals surface area contributed by atoms with Crippen molar-refractivity contribution in [2.75, 3.05) is 0 Å². The van der Waals surface area contributed by atoms with Crippen molar-refractivity contribution in [1.29, 1.82) is 0 Å². The summed E-state index contributed by atoms with van der Waals surface area (Å²) in [6.45, 7) is 0. The van der Waals surface area contributed by atoms with E-state index in [1.165, 1.54) is 24.3 Å². The van der Waals surface area contributed by atoms with Crippen LogP contribution in [0.4, 0.5) is 4.39 Å². The van der Waals surface area contributed by atoms with E-state index in [1.807, 2.05) is 0 Å². The van der Waals surface area contributed by atoms with E-state index in [-0.39, 0.29) is 11.6 Å². The average Bonchev–Trinajstić information content (AvgIpc) is 2.22. The number of rotatable bonds is 2. The SMILES string of the molecule is Oc1ccc(Oc2cccc(F)c2)cc1. The van der Waals surface area contributed by atoms with Gasteiger partial charge in [0, 0.05) is 6.07 Å². The lowest BCUT2D eigenvalue weighted by Gasteiger charge is -2.05. The minimum Gasteiger partial charge on any atom is -0.508 e. The van der Waals surface area contributed by atoms with Crippen LogP contribution in [0.3, 0.4) is 0 Å². The number of phenolic OH excluding ortho intramolecular Hbond substituents is 1. The molecule has 0 aromatic heterocycles. The minimum absolute atomic E-state index is 0.168. The Kier molecular flexibility index (Phi) is 2.54. The number of hydrogen-bond donors (Lipinski definition) is 1. The van der Waals surface area contributed by atoms with Crippen molar-refractivity contribution >= 4 is 0 Å². The van der Waals surface area contributed by atoms with Gasteiger partial charge in [-0.05, 0) is 36.4 Å². The molecule has 2 rings (SSSR count). The molecule has 2 aromatic carbocycles. The van der Waals surface area contributed by atoms with E-state index < -0.39 is 0 Å². The van der Waals surface area contributed by atoms with E-state index >= 15 is 0 Å². The van der Waals surface area contributed by atoms with E-state index in [9.17, 15) is 4.39 Å². The molecule has 0 bridgehead atoms. The van der Waals surface area contributed by atoms with Gasteiger partial charge in [0.25, 0.3) is 0 Å². The Morgan fingerprint density at radius 1 is 0.933 bits per heavy atom. The topological polar surface area (TPSA) is 29.5 Å². The number of phenols is 1. The molecular weight excluding hydrogens is 195 g/mol. The highest BCUT2D eigenvalue weighted by atomic mass is 19.1. The first-order chi connectivity index (χ1) is 7.24. The second-order valence-corrected chi connectivity index (χ2v) is 3.05. The highest BCUT2D eigenvalue weighted by Crippen LogP contribution is 2.23. The molecule has 0 saturated carbocycles. The summed E-state index contributed by atoms with van der Waals surface area (Å²) in [6.07, 6.45) is 0. The Bertz CT molecular complexity index is 451. The lowest BCUT2D eigenvalue weighted by Crippen LogP contribution is -1.84. The number of ether oxygens (including phenoxy) is 1. The first kappa shape index (κ1) is 9.52. The quantitative estimate of drug-likeness (QED) is 0.813. The van der Waals surface area contributed by atoms with E-state index in [1.54, 1.807) is 24.3 Å². The van der Waals surface area contributed by atoms with Gasteiger partial charge in [-0.25, -0.2) is 4.39 Å². The number of benzene rings is 2. The van der Waals surface area contributed by atoms with Crippen molar-refractivity contribution in [3.63, 3.8) is 0 Å². The summed E-state index contributed by atoms with van der Waals surface area (Å²) in [7, 11) is 0. The zero-order chi connectivity index (χ0) is 10.7. The maximum absolute atomic E-state index is 12.8. The number of hydrogen-bond acceptors (Lipinski definition) is 2. The van der Waals surface area contributed by atoms with E-state index in [4.69, 9.17) is 9.84 Å². The van der Waals surface area contributed by atoms with Crippen molar-refractivity contribution in [3.8, 4) is 17.2 Å². The molecule has 0 heterocycles. The summed E-state index contributed by atoms with van der Waals surface area (Å²) in [6, 6.07) is 12.1. The third-order valence-corrected chi connectivity index (χ3v) is 1.87. The van der Waals surface area contributed by atoms with E-state index in [0.29, 0.717) is 11.5 Å². The molecule has 1 N–H and O–H groups in total. The van der Waals surface area contributed by atoms with Crippen LogP contribution in [0.2, 0.25) is 0 Å². The summed E-state index contributed by atoms with van der Waals surface area (Å²) in [5, 5.41) is 9.05. The molecule has 15 heavy (non-hydrogen) atoms. The predicted octanol–water partition coefficient (Wildman–Crippen LogP) is 3.32. The molecule has 0 aliphatic carbocycles. The van der Waals surface area contributed by atoms with Gasteiger partial charge < -0.3 is 9.84 Å². The van der Waals surface area contributed by atoms with E-state index in [0.717, 1.165) is 0 Å². The molecule has 0 amide bonds. The highest BCUT2D eigenvalue weighted by Gasteiger charge is 1.98. The van der Waals surface area contributed by atoms with Crippen molar-refractivity contribution in [1.82, 2.24) is 0 Å². The van der Waals surface area contributed by atoms with Crippen LogP contribution in [0.25, 0.3) is 0 Å². The Morgan fingerprint density at radius 3 is 2.33 bits per heavy atom. The van der Waals surface area contributed by atoms with Crippen molar-refractivity contribution in [2.24, 2.45) is 0 Å². The summed E-state index contributed by atoms with van der Waals surface area (Å²) < 4.78 is 18.2.